The van der Waals surface area contributed by atoms with Crippen molar-refractivity contribution in [3.05, 3.63) is 56.5 Å². The van der Waals surface area contributed by atoms with Gasteiger partial charge in [-0.2, -0.15) is 0 Å². The Labute approximate surface area is 101 Å². The third-order valence-corrected chi connectivity index (χ3v) is 3.34. The molecule has 0 aliphatic rings. The van der Waals surface area contributed by atoms with E-state index in [1.807, 2.05) is 6.92 Å². The van der Waals surface area contributed by atoms with Crippen LogP contribution in [-0.4, -0.2) is 5.78 Å². The zero-order valence-electron chi connectivity index (χ0n) is 8.46. The second kappa shape index (κ2) is 4.36. The number of carbonyl (C=O) groups excluding carboxylic acids is 1. The standard InChI is InChI=1S/C12H8ClFOS/c1-7-5-8(6-16-7)12(15)9-3-2-4-10(13)11(9)14/h2-6H,1H3. The third kappa shape index (κ3) is 2.01. The van der Waals surface area contributed by atoms with Crippen LogP contribution in [0.15, 0.2) is 29.6 Å². The van der Waals surface area contributed by atoms with E-state index in [0.29, 0.717) is 5.56 Å². The molecule has 82 valence electrons. The molecule has 0 aliphatic heterocycles. The number of carbonyl (C=O) groups is 1. The van der Waals surface area contributed by atoms with Gasteiger partial charge in [0.25, 0.3) is 0 Å². The van der Waals surface area contributed by atoms with Crippen molar-refractivity contribution in [3.63, 3.8) is 0 Å². The molecule has 0 aliphatic carbocycles. The number of hydrogen-bond donors (Lipinski definition) is 0. The van der Waals surface area contributed by atoms with Crippen molar-refractivity contribution in [2.24, 2.45) is 0 Å². The minimum absolute atomic E-state index is 0.0188. The fraction of sp³-hybridized carbons (Fsp3) is 0.0833. The van der Waals surface area contributed by atoms with Crippen LogP contribution in [0.4, 0.5) is 4.39 Å². The van der Waals surface area contributed by atoms with Crippen LogP contribution in [0.3, 0.4) is 0 Å². The zero-order valence-corrected chi connectivity index (χ0v) is 10.0. The van der Waals surface area contributed by atoms with E-state index in [2.05, 4.69) is 0 Å². The predicted molar refractivity (Wildman–Crippen MR) is 63.9 cm³/mol. The van der Waals surface area contributed by atoms with Crippen molar-refractivity contribution in [2.45, 2.75) is 6.92 Å². The number of aryl methyl sites for hydroxylation is 1. The smallest absolute Gasteiger partial charge is 0.196 e. The molecule has 2 rings (SSSR count). The Kier molecular flexibility index (Phi) is 3.08. The summed E-state index contributed by atoms with van der Waals surface area (Å²) in [7, 11) is 0. The number of hydrogen-bond acceptors (Lipinski definition) is 2. The summed E-state index contributed by atoms with van der Waals surface area (Å²) in [5, 5.41) is 1.69. The fourth-order valence-electron chi connectivity index (χ4n) is 1.40. The summed E-state index contributed by atoms with van der Waals surface area (Å²) in [5.74, 6) is -0.984. The summed E-state index contributed by atoms with van der Waals surface area (Å²) < 4.78 is 13.6. The first-order valence-electron chi connectivity index (χ1n) is 4.63. The molecule has 0 N–H and O–H groups in total. The molecule has 0 saturated carbocycles. The van der Waals surface area contributed by atoms with Gasteiger partial charge in [0.2, 0.25) is 0 Å². The molecule has 0 amide bonds. The van der Waals surface area contributed by atoms with E-state index in [9.17, 15) is 9.18 Å². The molecular weight excluding hydrogens is 247 g/mol. The maximum absolute atomic E-state index is 13.6. The van der Waals surface area contributed by atoms with Crippen LogP contribution >= 0.6 is 22.9 Å². The first kappa shape index (κ1) is 11.3. The summed E-state index contributed by atoms with van der Waals surface area (Å²) >= 11 is 7.09. The van der Waals surface area contributed by atoms with E-state index >= 15 is 0 Å². The van der Waals surface area contributed by atoms with E-state index in [-0.39, 0.29) is 16.4 Å². The summed E-state index contributed by atoms with van der Waals surface area (Å²) in [5.41, 5.74) is 0.522. The Morgan fingerprint density at radius 1 is 1.44 bits per heavy atom. The molecule has 4 heteroatoms. The normalized spacial score (nSPS) is 10.4. The van der Waals surface area contributed by atoms with E-state index < -0.39 is 5.82 Å². The molecule has 1 aromatic carbocycles. The van der Waals surface area contributed by atoms with Crippen LogP contribution in [-0.2, 0) is 0 Å². The van der Waals surface area contributed by atoms with Gasteiger partial charge in [-0.15, -0.1) is 11.3 Å². The maximum Gasteiger partial charge on any atom is 0.196 e. The molecule has 1 heterocycles. The summed E-state index contributed by atoms with van der Waals surface area (Å²) in [6, 6.07) is 6.17. The fourth-order valence-corrected chi connectivity index (χ4v) is 2.25. The number of ketones is 1. The van der Waals surface area contributed by atoms with Crippen molar-refractivity contribution >= 4 is 28.7 Å². The van der Waals surface area contributed by atoms with E-state index in [4.69, 9.17) is 11.6 Å². The van der Waals surface area contributed by atoms with Crippen molar-refractivity contribution in [1.29, 1.82) is 0 Å². The minimum Gasteiger partial charge on any atom is -0.288 e. The molecule has 1 nitrogen and oxygen atoms in total. The zero-order chi connectivity index (χ0) is 11.7. The Hall–Kier alpha value is -1.19. The number of rotatable bonds is 2. The molecule has 2 aromatic rings. The summed E-state index contributed by atoms with van der Waals surface area (Å²) in [6.45, 7) is 1.90. The summed E-state index contributed by atoms with van der Waals surface area (Å²) in [4.78, 5) is 13.0. The lowest BCUT2D eigenvalue weighted by molar-refractivity contribution is 0.103. The van der Waals surface area contributed by atoms with Crippen LogP contribution < -0.4 is 0 Å². The lowest BCUT2D eigenvalue weighted by Crippen LogP contribution is -2.03. The topological polar surface area (TPSA) is 17.1 Å². The number of benzene rings is 1. The molecule has 0 spiro atoms. The predicted octanol–water partition coefficient (Wildman–Crippen LogP) is 4.08. The second-order valence-corrected chi connectivity index (χ2v) is 4.90. The highest BCUT2D eigenvalue weighted by atomic mass is 35.5. The van der Waals surface area contributed by atoms with Crippen LogP contribution in [0.1, 0.15) is 20.8 Å². The lowest BCUT2D eigenvalue weighted by atomic mass is 10.1. The molecule has 0 unspecified atom stereocenters. The summed E-state index contributed by atoms with van der Waals surface area (Å²) in [6.07, 6.45) is 0. The highest BCUT2D eigenvalue weighted by Gasteiger charge is 2.16. The third-order valence-electron chi connectivity index (χ3n) is 2.19. The first-order chi connectivity index (χ1) is 7.59. The van der Waals surface area contributed by atoms with Gasteiger partial charge in [0.15, 0.2) is 11.6 Å². The Bertz CT molecular complexity index is 548. The molecule has 1 aromatic heterocycles. The van der Waals surface area contributed by atoms with Gasteiger partial charge in [0.1, 0.15) is 0 Å². The Morgan fingerprint density at radius 3 is 2.81 bits per heavy atom. The van der Waals surface area contributed by atoms with Gasteiger partial charge in [-0.25, -0.2) is 4.39 Å². The number of thiophene rings is 1. The molecular formula is C12H8ClFOS. The van der Waals surface area contributed by atoms with Crippen molar-refractivity contribution in [2.75, 3.05) is 0 Å². The average molecular weight is 255 g/mol. The SMILES string of the molecule is Cc1cc(C(=O)c2cccc(Cl)c2F)cs1. The van der Waals surface area contributed by atoms with Gasteiger partial charge >= 0.3 is 0 Å². The molecule has 0 fully saturated rings. The van der Waals surface area contributed by atoms with E-state index in [1.54, 1.807) is 17.5 Å². The Balaban J connectivity index is 2.45. The Morgan fingerprint density at radius 2 is 2.19 bits per heavy atom. The van der Waals surface area contributed by atoms with Crippen molar-refractivity contribution < 1.29 is 9.18 Å². The molecule has 0 atom stereocenters. The van der Waals surface area contributed by atoms with Crippen LogP contribution in [0.2, 0.25) is 5.02 Å². The second-order valence-electron chi connectivity index (χ2n) is 3.38. The van der Waals surface area contributed by atoms with Gasteiger partial charge in [-0.05, 0) is 25.1 Å². The largest absolute Gasteiger partial charge is 0.288 e. The van der Waals surface area contributed by atoms with Crippen LogP contribution in [0.25, 0.3) is 0 Å². The van der Waals surface area contributed by atoms with Gasteiger partial charge in [-0.3, -0.25) is 4.79 Å². The molecule has 16 heavy (non-hydrogen) atoms. The van der Waals surface area contributed by atoms with Gasteiger partial charge in [-0.1, -0.05) is 17.7 Å². The van der Waals surface area contributed by atoms with Crippen molar-refractivity contribution in [1.82, 2.24) is 0 Å². The minimum atomic E-state index is -0.655. The van der Waals surface area contributed by atoms with E-state index in [0.717, 1.165) is 4.88 Å². The molecule has 0 bridgehead atoms. The lowest BCUT2D eigenvalue weighted by Gasteiger charge is -2.01. The van der Waals surface area contributed by atoms with Gasteiger partial charge in [0, 0.05) is 15.8 Å². The molecule has 0 saturated heterocycles. The quantitative estimate of drug-likeness (QED) is 0.738. The monoisotopic (exact) mass is 254 g/mol. The maximum atomic E-state index is 13.6. The van der Waals surface area contributed by atoms with Gasteiger partial charge in [0.05, 0.1) is 10.6 Å². The highest BCUT2D eigenvalue weighted by Crippen LogP contribution is 2.22. The van der Waals surface area contributed by atoms with Gasteiger partial charge < -0.3 is 0 Å². The van der Waals surface area contributed by atoms with Crippen LogP contribution in [0, 0.1) is 12.7 Å². The van der Waals surface area contributed by atoms with E-state index in [1.165, 1.54) is 23.5 Å². The van der Waals surface area contributed by atoms with Crippen LogP contribution in [0.5, 0.6) is 0 Å². The molecule has 0 radical (unpaired) electrons. The first-order valence-corrected chi connectivity index (χ1v) is 5.89. The van der Waals surface area contributed by atoms with Crippen molar-refractivity contribution in [3.8, 4) is 0 Å². The highest BCUT2D eigenvalue weighted by molar-refractivity contribution is 7.10. The average Bonchev–Trinajstić information content (AvgIpc) is 2.68. The number of halogens is 2.